The normalized spacial score (nSPS) is 11.1. The predicted molar refractivity (Wildman–Crippen MR) is 60.9 cm³/mol. The Hall–Kier alpha value is 0.960. The van der Waals surface area contributed by atoms with Crippen molar-refractivity contribution < 1.29 is 34.0 Å². The minimum absolute atomic E-state index is 0. The molecular formula is C12H28NNa+2. The first kappa shape index (κ1) is 17.4. The van der Waals surface area contributed by atoms with Crippen LogP contribution in [0.3, 0.4) is 0 Å². The summed E-state index contributed by atoms with van der Waals surface area (Å²) in [6.45, 7) is 14.8. The van der Waals surface area contributed by atoms with Crippen LogP contribution >= 0.6 is 0 Å². The maximum atomic E-state index is 2.31. The quantitative estimate of drug-likeness (QED) is 0.402. The zero-order chi connectivity index (χ0) is 10.2. The molecule has 14 heavy (non-hydrogen) atoms. The molecule has 0 heterocycles. The van der Waals surface area contributed by atoms with Gasteiger partial charge in [0.2, 0.25) is 0 Å². The van der Waals surface area contributed by atoms with Crippen molar-refractivity contribution in [3.05, 3.63) is 0 Å². The van der Waals surface area contributed by atoms with Crippen molar-refractivity contribution >= 4 is 0 Å². The number of hydrogen-bond acceptors (Lipinski definition) is 0. The summed E-state index contributed by atoms with van der Waals surface area (Å²) in [6.07, 6.45) is 5.33. The van der Waals surface area contributed by atoms with E-state index >= 15 is 0 Å². The van der Waals surface area contributed by atoms with Gasteiger partial charge in [0, 0.05) is 0 Å². The minimum atomic E-state index is 0. The second-order valence-corrected chi connectivity index (χ2v) is 4.24. The molecule has 0 saturated heterocycles. The van der Waals surface area contributed by atoms with Gasteiger partial charge in [0.25, 0.3) is 0 Å². The Labute approximate surface area is 113 Å². The molecule has 0 aliphatic heterocycles. The fourth-order valence-electron chi connectivity index (χ4n) is 2.57. The van der Waals surface area contributed by atoms with Crippen molar-refractivity contribution in [3.63, 3.8) is 0 Å². The molecule has 0 aromatic carbocycles. The summed E-state index contributed by atoms with van der Waals surface area (Å²) < 4.78 is 1.38. The van der Waals surface area contributed by atoms with Gasteiger partial charge in [-0.25, -0.2) is 0 Å². The summed E-state index contributed by atoms with van der Waals surface area (Å²) in [5.74, 6) is 0. The Kier molecular flexibility index (Phi) is 13.0. The third-order valence-corrected chi connectivity index (χ3v) is 2.79. The van der Waals surface area contributed by atoms with E-state index < -0.39 is 0 Å². The monoisotopic (exact) mass is 209 g/mol. The van der Waals surface area contributed by atoms with Gasteiger partial charge in [-0.15, -0.1) is 0 Å². The van der Waals surface area contributed by atoms with Crippen LogP contribution in [0.25, 0.3) is 0 Å². The molecule has 0 bridgehead atoms. The van der Waals surface area contributed by atoms with Gasteiger partial charge < -0.3 is 4.48 Å². The summed E-state index contributed by atoms with van der Waals surface area (Å²) in [5, 5.41) is 0. The van der Waals surface area contributed by atoms with Crippen LogP contribution in [0.4, 0.5) is 0 Å². The second kappa shape index (κ2) is 10.5. The van der Waals surface area contributed by atoms with Crippen molar-refractivity contribution in [3.8, 4) is 0 Å². The molecular weight excluding hydrogens is 181 g/mol. The van der Waals surface area contributed by atoms with Gasteiger partial charge in [0.15, 0.2) is 0 Å². The molecule has 0 N–H and O–H groups in total. The van der Waals surface area contributed by atoms with Gasteiger partial charge >= 0.3 is 29.6 Å². The molecule has 0 aliphatic rings. The average molecular weight is 209 g/mol. The van der Waals surface area contributed by atoms with Gasteiger partial charge in [-0.1, -0.05) is 27.7 Å². The second-order valence-electron chi connectivity index (χ2n) is 4.24. The van der Waals surface area contributed by atoms with Gasteiger partial charge in [0.1, 0.15) is 0 Å². The first-order valence-electron chi connectivity index (χ1n) is 6.09. The largest absolute Gasteiger partial charge is 1.00 e. The van der Waals surface area contributed by atoms with Crippen molar-refractivity contribution in [2.45, 2.75) is 53.4 Å². The van der Waals surface area contributed by atoms with E-state index in [1.165, 1.54) is 56.3 Å². The molecule has 0 unspecified atom stereocenters. The molecule has 0 rings (SSSR count). The van der Waals surface area contributed by atoms with Crippen LogP contribution in [-0.2, 0) is 0 Å². The summed E-state index contributed by atoms with van der Waals surface area (Å²) >= 11 is 0. The Morgan fingerprint density at radius 1 is 0.571 bits per heavy atom. The minimum Gasteiger partial charge on any atom is -0.324 e. The fraction of sp³-hybridized carbons (Fsp3) is 1.00. The standard InChI is InChI=1S/C12H28N.Na/c1-5-9-13(10-6-2,11-7-3)12-8-4;/h5-12H2,1-4H3;/q2*+1. The smallest absolute Gasteiger partial charge is 0.324 e. The van der Waals surface area contributed by atoms with Gasteiger partial charge in [-0.05, 0) is 25.7 Å². The molecule has 0 atom stereocenters. The molecule has 2 heteroatoms. The Morgan fingerprint density at radius 2 is 0.786 bits per heavy atom. The van der Waals surface area contributed by atoms with Crippen molar-refractivity contribution in [1.29, 1.82) is 0 Å². The van der Waals surface area contributed by atoms with Crippen molar-refractivity contribution in [2.75, 3.05) is 26.2 Å². The van der Waals surface area contributed by atoms with E-state index in [4.69, 9.17) is 0 Å². The predicted octanol–water partition coefficient (Wildman–Crippen LogP) is 0.447. The number of nitrogens with zero attached hydrogens (tertiary/aromatic N) is 1. The van der Waals surface area contributed by atoms with E-state index in [0.29, 0.717) is 0 Å². The summed E-state index contributed by atoms with van der Waals surface area (Å²) in [5.41, 5.74) is 0. The van der Waals surface area contributed by atoms with E-state index in [0.717, 1.165) is 0 Å². The third-order valence-electron chi connectivity index (χ3n) is 2.79. The molecule has 0 aliphatic carbocycles. The molecule has 0 aromatic rings. The van der Waals surface area contributed by atoms with Crippen LogP contribution in [-0.4, -0.2) is 30.7 Å². The fourth-order valence-corrected chi connectivity index (χ4v) is 2.57. The molecule has 0 aromatic heterocycles. The van der Waals surface area contributed by atoms with Crippen LogP contribution in [0.15, 0.2) is 0 Å². The molecule has 80 valence electrons. The maximum Gasteiger partial charge on any atom is 1.00 e. The van der Waals surface area contributed by atoms with E-state index in [1.54, 1.807) is 0 Å². The van der Waals surface area contributed by atoms with E-state index in [-0.39, 0.29) is 29.6 Å². The molecule has 0 spiro atoms. The van der Waals surface area contributed by atoms with Gasteiger partial charge in [-0.2, -0.15) is 0 Å². The summed E-state index contributed by atoms with van der Waals surface area (Å²) in [7, 11) is 0. The first-order valence-corrected chi connectivity index (χ1v) is 6.09. The van der Waals surface area contributed by atoms with Crippen molar-refractivity contribution in [2.24, 2.45) is 0 Å². The third kappa shape index (κ3) is 6.44. The van der Waals surface area contributed by atoms with Crippen LogP contribution < -0.4 is 29.6 Å². The van der Waals surface area contributed by atoms with E-state index in [1.807, 2.05) is 0 Å². The molecule has 0 radical (unpaired) electrons. The summed E-state index contributed by atoms with van der Waals surface area (Å²) in [6, 6.07) is 0. The SMILES string of the molecule is CCC[N+](CCC)(CCC)CCC.[Na+]. The Bertz CT molecular complexity index is 85.4. The molecule has 0 amide bonds. The molecule has 0 fully saturated rings. The van der Waals surface area contributed by atoms with Gasteiger partial charge in [-0.3, -0.25) is 0 Å². The number of quaternary nitrogens is 1. The van der Waals surface area contributed by atoms with Crippen LogP contribution in [0, 0.1) is 0 Å². The van der Waals surface area contributed by atoms with Crippen LogP contribution in [0.1, 0.15) is 53.4 Å². The van der Waals surface area contributed by atoms with Crippen LogP contribution in [0.2, 0.25) is 0 Å². The number of rotatable bonds is 8. The first-order chi connectivity index (χ1) is 6.24. The Morgan fingerprint density at radius 3 is 0.929 bits per heavy atom. The van der Waals surface area contributed by atoms with Gasteiger partial charge in [0.05, 0.1) is 26.2 Å². The Balaban J connectivity index is 0. The van der Waals surface area contributed by atoms with E-state index in [9.17, 15) is 0 Å². The molecule has 0 saturated carbocycles. The number of hydrogen-bond donors (Lipinski definition) is 0. The topological polar surface area (TPSA) is 0 Å². The average Bonchev–Trinajstić information content (AvgIpc) is 2.06. The summed E-state index contributed by atoms with van der Waals surface area (Å²) in [4.78, 5) is 0. The van der Waals surface area contributed by atoms with Crippen molar-refractivity contribution in [1.82, 2.24) is 0 Å². The zero-order valence-corrected chi connectivity index (χ0v) is 13.1. The van der Waals surface area contributed by atoms with E-state index in [2.05, 4.69) is 27.7 Å². The zero-order valence-electron chi connectivity index (χ0n) is 11.1. The van der Waals surface area contributed by atoms with Crippen LogP contribution in [0.5, 0.6) is 0 Å². The molecule has 1 nitrogen and oxygen atoms in total. The maximum absolute atomic E-state index is 2.31.